The molecule has 0 bridgehead atoms. The van der Waals surface area contributed by atoms with Gasteiger partial charge >= 0.3 is 0 Å². The van der Waals surface area contributed by atoms with E-state index in [9.17, 15) is 4.79 Å². The van der Waals surface area contributed by atoms with E-state index < -0.39 is 11.9 Å². The van der Waals surface area contributed by atoms with Crippen molar-refractivity contribution in [1.82, 2.24) is 25.0 Å². The lowest BCUT2D eigenvalue weighted by molar-refractivity contribution is -0.117. The van der Waals surface area contributed by atoms with Gasteiger partial charge in [0.15, 0.2) is 0 Å². The van der Waals surface area contributed by atoms with Gasteiger partial charge in [-0.05, 0) is 13.8 Å². The number of hydrogen-bond donors (Lipinski definition) is 2. The Morgan fingerprint density at radius 3 is 2.68 bits per heavy atom. The summed E-state index contributed by atoms with van der Waals surface area (Å²) in [6.07, 6.45) is 3.23. The second-order valence-corrected chi connectivity index (χ2v) is 4.22. The summed E-state index contributed by atoms with van der Waals surface area (Å²) in [6.45, 7) is 3.59. The molecule has 0 spiro atoms. The zero-order chi connectivity index (χ0) is 14.0. The number of amides is 1. The first-order valence-corrected chi connectivity index (χ1v) is 5.70. The molecule has 8 heteroatoms. The lowest BCUT2D eigenvalue weighted by atomic mass is 10.1. The van der Waals surface area contributed by atoms with E-state index in [0.717, 1.165) is 5.69 Å². The standard InChI is InChI=1S/C11H15N7O/c1-6-7(2)16-17-11(14-6)15-10(19)9(12)8-4-13-18(3)5-8/h4-5,9H,12H2,1-3H3,(H,14,15,17,19). The highest BCUT2D eigenvalue weighted by Gasteiger charge is 2.18. The van der Waals surface area contributed by atoms with Gasteiger partial charge in [-0.1, -0.05) is 0 Å². The molecule has 100 valence electrons. The minimum absolute atomic E-state index is 0.146. The first kappa shape index (κ1) is 13.1. The summed E-state index contributed by atoms with van der Waals surface area (Å²) < 4.78 is 1.58. The largest absolute Gasteiger partial charge is 0.316 e. The van der Waals surface area contributed by atoms with Gasteiger partial charge < -0.3 is 5.73 Å². The van der Waals surface area contributed by atoms with Crippen molar-refractivity contribution >= 4 is 11.9 Å². The van der Waals surface area contributed by atoms with Crippen molar-refractivity contribution in [2.24, 2.45) is 12.8 Å². The van der Waals surface area contributed by atoms with Gasteiger partial charge in [0, 0.05) is 18.8 Å². The van der Waals surface area contributed by atoms with Crippen LogP contribution >= 0.6 is 0 Å². The summed E-state index contributed by atoms with van der Waals surface area (Å²) in [5, 5.41) is 14.2. The first-order chi connectivity index (χ1) is 8.97. The lowest BCUT2D eigenvalue weighted by Crippen LogP contribution is -2.28. The summed E-state index contributed by atoms with van der Waals surface area (Å²) in [5.74, 6) is -0.259. The number of nitrogens with two attached hydrogens (primary N) is 1. The molecule has 0 fully saturated rings. The molecule has 0 aliphatic rings. The van der Waals surface area contributed by atoms with Gasteiger partial charge in [0.2, 0.25) is 11.9 Å². The fraction of sp³-hybridized carbons (Fsp3) is 0.364. The topological polar surface area (TPSA) is 112 Å². The van der Waals surface area contributed by atoms with Crippen LogP contribution in [0.4, 0.5) is 5.95 Å². The summed E-state index contributed by atoms with van der Waals surface area (Å²) in [4.78, 5) is 16.0. The Hall–Kier alpha value is -2.35. The van der Waals surface area contributed by atoms with Crippen LogP contribution in [-0.2, 0) is 11.8 Å². The van der Waals surface area contributed by atoms with Gasteiger partial charge in [0.25, 0.3) is 0 Å². The van der Waals surface area contributed by atoms with E-state index in [1.165, 1.54) is 0 Å². The van der Waals surface area contributed by atoms with Crippen molar-refractivity contribution in [3.05, 3.63) is 29.3 Å². The molecule has 0 aromatic carbocycles. The number of nitrogens with one attached hydrogen (secondary N) is 1. The third-order valence-electron chi connectivity index (χ3n) is 2.69. The molecule has 0 aliphatic heterocycles. The second kappa shape index (κ2) is 5.11. The van der Waals surface area contributed by atoms with Crippen molar-refractivity contribution in [2.75, 3.05) is 5.32 Å². The summed E-state index contributed by atoms with van der Waals surface area (Å²) >= 11 is 0. The van der Waals surface area contributed by atoms with Crippen LogP contribution in [0.15, 0.2) is 12.4 Å². The van der Waals surface area contributed by atoms with Crippen LogP contribution in [0.3, 0.4) is 0 Å². The number of nitrogens with zero attached hydrogens (tertiary/aromatic N) is 5. The van der Waals surface area contributed by atoms with E-state index in [1.807, 2.05) is 0 Å². The Bertz CT molecular complexity index is 607. The van der Waals surface area contributed by atoms with Crippen LogP contribution in [0.25, 0.3) is 0 Å². The Morgan fingerprint density at radius 1 is 1.37 bits per heavy atom. The van der Waals surface area contributed by atoms with Crippen LogP contribution in [0, 0.1) is 13.8 Å². The van der Waals surface area contributed by atoms with E-state index in [-0.39, 0.29) is 5.95 Å². The van der Waals surface area contributed by atoms with Gasteiger partial charge in [0.05, 0.1) is 17.6 Å². The third-order valence-corrected chi connectivity index (χ3v) is 2.69. The SMILES string of the molecule is Cc1nnc(NC(=O)C(N)c2cnn(C)c2)nc1C. The van der Waals surface area contributed by atoms with Crippen molar-refractivity contribution in [3.8, 4) is 0 Å². The Morgan fingerprint density at radius 2 is 2.11 bits per heavy atom. The molecule has 2 rings (SSSR count). The van der Waals surface area contributed by atoms with Crippen molar-refractivity contribution in [3.63, 3.8) is 0 Å². The van der Waals surface area contributed by atoms with E-state index in [0.29, 0.717) is 11.3 Å². The maximum Gasteiger partial charge on any atom is 0.249 e. The molecule has 0 saturated carbocycles. The summed E-state index contributed by atoms with van der Waals surface area (Å²) in [7, 11) is 1.75. The normalized spacial score (nSPS) is 12.2. The highest BCUT2D eigenvalue weighted by atomic mass is 16.2. The average molecular weight is 261 g/mol. The predicted molar refractivity (Wildman–Crippen MR) is 68.1 cm³/mol. The number of anilines is 1. The molecular weight excluding hydrogens is 246 g/mol. The van der Waals surface area contributed by atoms with Gasteiger partial charge in [-0.3, -0.25) is 14.8 Å². The fourth-order valence-electron chi connectivity index (χ4n) is 1.45. The second-order valence-electron chi connectivity index (χ2n) is 4.22. The van der Waals surface area contributed by atoms with Crippen LogP contribution in [0.5, 0.6) is 0 Å². The van der Waals surface area contributed by atoms with Crippen molar-refractivity contribution < 1.29 is 4.79 Å². The van der Waals surface area contributed by atoms with E-state index >= 15 is 0 Å². The molecule has 19 heavy (non-hydrogen) atoms. The lowest BCUT2D eigenvalue weighted by Gasteiger charge is -2.09. The minimum atomic E-state index is -0.820. The number of carbonyl (C=O) groups is 1. The molecule has 2 aromatic rings. The molecule has 1 atom stereocenters. The number of rotatable bonds is 3. The Balaban J connectivity index is 2.10. The molecule has 1 unspecified atom stereocenters. The number of aryl methyl sites for hydroxylation is 3. The average Bonchev–Trinajstić information content (AvgIpc) is 2.79. The molecule has 0 saturated heterocycles. The molecule has 3 N–H and O–H groups in total. The quantitative estimate of drug-likeness (QED) is 0.795. The molecule has 2 heterocycles. The fourth-order valence-corrected chi connectivity index (χ4v) is 1.45. The molecule has 2 aromatic heterocycles. The molecule has 0 aliphatic carbocycles. The number of hydrogen-bond acceptors (Lipinski definition) is 6. The Labute approximate surface area is 110 Å². The highest BCUT2D eigenvalue weighted by molar-refractivity contribution is 5.93. The van der Waals surface area contributed by atoms with Crippen molar-refractivity contribution in [1.29, 1.82) is 0 Å². The maximum absolute atomic E-state index is 11.9. The zero-order valence-corrected chi connectivity index (χ0v) is 11.0. The van der Waals surface area contributed by atoms with E-state index in [1.54, 1.807) is 38.0 Å². The predicted octanol–water partition coefficient (Wildman–Crippen LogP) is -0.140. The smallest absolute Gasteiger partial charge is 0.249 e. The molecule has 0 radical (unpaired) electrons. The third kappa shape index (κ3) is 2.91. The van der Waals surface area contributed by atoms with Gasteiger partial charge in [-0.2, -0.15) is 10.2 Å². The van der Waals surface area contributed by atoms with Crippen LogP contribution in [0.2, 0.25) is 0 Å². The van der Waals surface area contributed by atoms with Crippen LogP contribution < -0.4 is 11.1 Å². The zero-order valence-electron chi connectivity index (χ0n) is 11.0. The van der Waals surface area contributed by atoms with Gasteiger partial charge in [-0.25, -0.2) is 4.98 Å². The van der Waals surface area contributed by atoms with Crippen molar-refractivity contribution in [2.45, 2.75) is 19.9 Å². The highest BCUT2D eigenvalue weighted by Crippen LogP contribution is 2.11. The van der Waals surface area contributed by atoms with E-state index in [4.69, 9.17) is 5.73 Å². The summed E-state index contributed by atoms with van der Waals surface area (Å²) in [5.41, 5.74) is 7.87. The maximum atomic E-state index is 11.9. The van der Waals surface area contributed by atoms with Gasteiger partial charge in [-0.15, -0.1) is 5.10 Å². The molecule has 1 amide bonds. The minimum Gasteiger partial charge on any atom is -0.316 e. The summed E-state index contributed by atoms with van der Waals surface area (Å²) in [6, 6.07) is -0.820. The van der Waals surface area contributed by atoms with Crippen LogP contribution in [0.1, 0.15) is 23.0 Å². The monoisotopic (exact) mass is 261 g/mol. The van der Waals surface area contributed by atoms with E-state index in [2.05, 4.69) is 25.6 Å². The first-order valence-electron chi connectivity index (χ1n) is 5.70. The van der Waals surface area contributed by atoms with Crippen LogP contribution in [-0.4, -0.2) is 30.9 Å². The Kier molecular flexibility index (Phi) is 3.52. The number of carbonyl (C=O) groups excluding carboxylic acids is 1. The van der Waals surface area contributed by atoms with Gasteiger partial charge in [0.1, 0.15) is 6.04 Å². The molecule has 8 nitrogen and oxygen atoms in total. The number of aromatic nitrogens is 5. The molecular formula is C11H15N7O.